The topological polar surface area (TPSA) is 105 Å². The van der Waals surface area contributed by atoms with Crippen LogP contribution in [0.1, 0.15) is 15.9 Å². The number of hydrogen-bond donors (Lipinski definition) is 0. The molecule has 0 saturated carbocycles. The molecule has 1 aliphatic rings. The zero-order valence-corrected chi connectivity index (χ0v) is 13.6. The smallest absolute Gasteiger partial charge is 0.341 e. The molecule has 2 aromatic carbocycles. The molecule has 1 heterocycles. The molecule has 0 unspecified atom stereocenters. The van der Waals surface area contributed by atoms with Crippen molar-refractivity contribution < 1.29 is 28.7 Å². The van der Waals surface area contributed by atoms with Crippen LogP contribution in [-0.2, 0) is 9.53 Å². The minimum absolute atomic E-state index is 0.0107. The lowest BCUT2D eigenvalue weighted by Crippen LogP contribution is -2.15. The van der Waals surface area contributed by atoms with E-state index in [4.69, 9.17) is 9.47 Å². The number of benzene rings is 2. The van der Waals surface area contributed by atoms with Crippen molar-refractivity contribution in [3.05, 3.63) is 69.3 Å². The minimum Gasteiger partial charge on any atom is -0.465 e. The van der Waals surface area contributed by atoms with Crippen LogP contribution in [0.15, 0.2) is 48.0 Å². The molecule has 26 heavy (non-hydrogen) atoms. The van der Waals surface area contributed by atoms with Crippen molar-refractivity contribution in [2.45, 2.75) is 0 Å². The first-order valence-corrected chi connectivity index (χ1v) is 7.48. The summed E-state index contributed by atoms with van der Waals surface area (Å²) in [4.78, 5) is 35.1. The largest absolute Gasteiger partial charge is 0.465 e. The van der Waals surface area contributed by atoms with Gasteiger partial charge in [0.05, 0.1) is 12.0 Å². The highest BCUT2D eigenvalue weighted by atomic mass is 16.7. The molecule has 8 nitrogen and oxygen atoms in total. The Labute approximate surface area is 147 Å². The van der Waals surface area contributed by atoms with Crippen LogP contribution in [0.5, 0.6) is 11.5 Å². The van der Waals surface area contributed by atoms with Gasteiger partial charge < -0.3 is 14.2 Å². The molecule has 0 bridgehead atoms. The summed E-state index contributed by atoms with van der Waals surface area (Å²) in [5.41, 5.74) is 0.0278. The van der Waals surface area contributed by atoms with Gasteiger partial charge in [0.15, 0.2) is 11.5 Å². The summed E-state index contributed by atoms with van der Waals surface area (Å²) in [6.45, 7) is 0.0962. The average Bonchev–Trinajstić information content (AvgIpc) is 3.12. The van der Waals surface area contributed by atoms with E-state index in [-0.39, 0.29) is 23.6 Å². The Balaban J connectivity index is 2.00. The van der Waals surface area contributed by atoms with Crippen LogP contribution in [0, 0.1) is 10.1 Å². The molecular weight excluding hydrogens is 342 g/mol. The van der Waals surface area contributed by atoms with Gasteiger partial charge in [-0.3, -0.25) is 14.9 Å². The number of esters is 1. The number of nitro benzene ring substituents is 1. The summed E-state index contributed by atoms with van der Waals surface area (Å²) < 4.78 is 15.2. The Morgan fingerprint density at radius 1 is 1.15 bits per heavy atom. The number of ketones is 1. The van der Waals surface area contributed by atoms with Crippen LogP contribution in [0.4, 0.5) is 5.69 Å². The SMILES string of the molecule is COC(=O)C(=Cc1ccc2c(c1)OCO2)C(=O)c1cccc([N+](=O)[O-])c1. The van der Waals surface area contributed by atoms with Crippen LogP contribution < -0.4 is 9.47 Å². The van der Waals surface area contributed by atoms with Crippen LogP contribution >= 0.6 is 0 Å². The van der Waals surface area contributed by atoms with Crippen LogP contribution in [0.25, 0.3) is 6.08 Å². The standard InChI is InChI=1S/C18H13NO7/c1-24-18(21)14(7-11-5-6-15-16(8-11)26-10-25-15)17(20)12-3-2-4-13(9-12)19(22)23/h2-9H,10H2,1H3. The molecule has 0 atom stereocenters. The molecule has 132 valence electrons. The number of carbonyl (C=O) groups excluding carboxylic acids is 2. The van der Waals surface area contributed by atoms with E-state index in [1.807, 2.05) is 0 Å². The highest BCUT2D eigenvalue weighted by molar-refractivity contribution is 6.27. The van der Waals surface area contributed by atoms with Crippen LogP contribution in [0.2, 0.25) is 0 Å². The summed E-state index contributed by atoms with van der Waals surface area (Å²) in [7, 11) is 1.15. The van der Waals surface area contributed by atoms with E-state index in [0.29, 0.717) is 17.1 Å². The predicted octanol–water partition coefficient (Wildman–Crippen LogP) is 2.76. The number of hydrogen-bond acceptors (Lipinski definition) is 7. The highest BCUT2D eigenvalue weighted by Crippen LogP contribution is 2.33. The average molecular weight is 355 g/mol. The molecule has 0 aromatic heterocycles. The number of ether oxygens (including phenoxy) is 3. The first-order valence-electron chi connectivity index (χ1n) is 7.48. The molecule has 0 N–H and O–H groups in total. The fraction of sp³-hybridized carbons (Fsp3) is 0.111. The molecule has 0 amide bonds. The summed E-state index contributed by atoms with van der Waals surface area (Å²) in [6.07, 6.45) is 1.34. The van der Waals surface area contributed by atoms with E-state index in [1.165, 1.54) is 24.3 Å². The van der Waals surface area contributed by atoms with Gasteiger partial charge >= 0.3 is 5.97 Å². The number of nitrogens with zero attached hydrogens (tertiary/aromatic N) is 1. The Morgan fingerprint density at radius 2 is 1.92 bits per heavy atom. The van der Waals surface area contributed by atoms with E-state index in [0.717, 1.165) is 13.2 Å². The maximum atomic E-state index is 12.7. The number of nitro groups is 1. The van der Waals surface area contributed by atoms with Crippen molar-refractivity contribution in [1.82, 2.24) is 0 Å². The summed E-state index contributed by atoms with van der Waals surface area (Å²) in [6, 6.07) is 10.1. The molecule has 0 fully saturated rings. The third kappa shape index (κ3) is 3.39. The van der Waals surface area contributed by atoms with Crippen molar-refractivity contribution in [3.8, 4) is 11.5 Å². The number of fused-ring (bicyclic) bond motifs is 1. The van der Waals surface area contributed by atoms with E-state index < -0.39 is 16.7 Å². The zero-order valence-electron chi connectivity index (χ0n) is 13.6. The van der Waals surface area contributed by atoms with Gasteiger partial charge in [-0.1, -0.05) is 18.2 Å². The fourth-order valence-corrected chi connectivity index (χ4v) is 2.41. The summed E-state index contributed by atoms with van der Waals surface area (Å²) in [5, 5.41) is 10.9. The van der Waals surface area contributed by atoms with Gasteiger partial charge in [0.2, 0.25) is 12.6 Å². The molecule has 0 aliphatic carbocycles. The number of methoxy groups -OCH3 is 1. The molecule has 1 aliphatic heterocycles. The zero-order chi connectivity index (χ0) is 18.7. The van der Waals surface area contributed by atoms with Gasteiger partial charge in [-0.05, 0) is 23.8 Å². The van der Waals surface area contributed by atoms with Crippen LogP contribution in [-0.4, -0.2) is 30.6 Å². The lowest BCUT2D eigenvalue weighted by atomic mass is 10.0. The quantitative estimate of drug-likeness (QED) is 0.154. The van der Waals surface area contributed by atoms with E-state index in [9.17, 15) is 19.7 Å². The molecular formula is C18H13NO7. The van der Waals surface area contributed by atoms with Gasteiger partial charge in [0.1, 0.15) is 5.57 Å². The van der Waals surface area contributed by atoms with E-state index in [1.54, 1.807) is 18.2 Å². The van der Waals surface area contributed by atoms with E-state index >= 15 is 0 Å². The third-order valence-electron chi connectivity index (χ3n) is 3.68. The number of Topliss-reactive ketones (excluding diaryl/α,β-unsaturated/α-hetero) is 1. The summed E-state index contributed by atoms with van der Waals surface area (Å²) in [5.74, 6) is -0.477. The minimum atomic E-state index is -0.848. The lowest BCUT2D eigenvalue weighted by molar-refractivity contribution is -0.384. The molecule has 2 aromatic rings. The Morgan fingerprint density at radius 3 is 2.65 bits per heavy atom. The maximum Gasteiger partial charge on any atom is 0.341 e. The fourth-order valence-electron chi connectivity index (χ4n) is 2.41. The van der Waals surface area contributed by atoms with Gasteiger partial charge in [-0.15, -0.1) is 0 Å². The number of carbonyl (C=O) groups is 2. The van der Waals surface area contributed by atoms with Crippen molar-refractivity contribution in [1.29, 1.82) is 0 Å². The predicted molar refractivity (Wildman–Crippen MR) is 90.0 cm³/mol. The van der Waals surface area contributed by atoms with Crippen molar-refractivity contribution >= 4 is 23.5 Å². The van der Waals surface area contributed by atoms with Gasteiger partial charge in [-0.25, -0.2) is 4.79 Å². The van der Waals surface area contributed by atoms with Crippen molar-refractivity contribution in [2.75, 3.05) is 13.9 Å². The first kappa shape index (κ1) is 17.2. The second-order valence-corrected chi connectivity index (χ2v) is 5.30. The number of non-ortho nitro benzene ring substituents is 1. The Hall–Kier alpha value is -3.68. The Kier molecular flexibility index (Phi) is 4.66. The van der Waals surface area contributed by atoms with Gasteiger partial charge in [0.25, 0.3) is 5.69 Å². The van der Waals surface area contributed by atoms with Gasteiger partial charge in [0, 0.05) is 17.7 Å². The lowest BCUT2D eigenvalue weighted by Gasteiger charge is -2.06. The molecule has 3 rings (SSSR count). The summed E-state index contributed by atoms with van der Waals surface area (Å²) >= 11 is 0. The van der Waals surface area contributed by atoms with Crippen molar-refractivity contribution in [2.24, 2.45) is 0 Å². The normalized spacial score (nSPS) is 12.6. The molecule has 8 heteroatoms. The maximum absolute atomic E-state index is 12.7. The Bertz CT molecular complexity index is 933. The second kappa shape index (κ2) is 7.06. The highest BCUT2D eigenvalue weighted by Gasteiger charge is 2.23. The molecule has 0 spiro atoms. The first-order chi connectivity index (χ1) is 12.5. The molecule has 0 radical (unpaired) electrons. The van der Waals surface area contributed by atoms with E-state index in [2.05, 4.69) is 4.74 Å². The van der Waals surface area contributed by atoms with Gasteiger partial charge in [-0.2, -0.15) is 0 Å². The monoisotopic (exact) mass is 355 g/mol. The van der Waals surface area contributed by atoms with Crippen molar-refractivity contribution in [3.63, 3.8) is 0 Å². The molecule has 0 saturated heterocycles. The van der Waals surface area contributed by atoms with Crippen LogP contribution in [0.3, 0.4) is 0 Å². The second-order valence-electron chi connectivity index (χ2n) is 5.30. The number of rotatable bonds is 5. The third-order valence-corrected chi connectivity index (χ3v) is 3.68.